The van der Waals surface area contributed by atoms with Gasteiger partial charge in [-0.15, -0.1) is 0 Å². The van der Waals surface area contributed by atoms with Gasteiger partial charge in [0.05, 0.1) is 13.2 Å². The molecule has 2 atom stereocenters. The molecule has 6 heteroatoms. The molecule has 1 aromatic rings. The Morgan fingerprint density at radius 2 is 2.39 bits per heavy atom. The van der Waals surface area contributed by atoms with Crippen molar-refractivity contribution in [3.63, 3.8) is 0 Å². The van der Waals surface area contributed by atoms with Gasteiger partial charge >= 0.3 is 0 Å². The highest BCUT2D eigenvalue weighted by Gasteiger charge is 2.23. The molecular weight excluding hydrogens is 297 g/mol. The van der Waals surface area contributed by atoms with Crippen molar-refractivity contribution in [2.75, 3.05) is 37.7 Å². The van der Waals surface area contributed by atoms with Crippen LogP contribution in [0, 0.1) is 5.82 Å². The summed E-state index contributed by atoms with van der Waals surface area (Å²) >= 11 is 0. The maximum Gasteiger partial charge on any atom is 0.221 e. The molecule has 0 bridgehead atoms. The van der Waals surface area contributed by atoms with Gasteiger partial charge in [-0.25, -0.2) is 4.39 Å². The Morgan fingerprint density at radius 3 is 3.17 bits per heavy atom. The summed E-state index contributed by atoms with van der Waals surface area (Å²) in [6.07, 6.45) is 2.40. The van der Waals surface area contributed by atoms with Gasteiger partial charge in [-0.3, -0.25) is 4.79 Å². The van der Waals surface area contributed by atoms with Crippen LogP contribution in [0.3, 0.4) is 0 Å². The molecule has 2 unspecified atom stereocenters. The van der Waals surface area contributed by atoms with Gasteiger partial charge < -0.3 is 20.3 Å². The van der Waals surface area contributed by atoms with E-state index in [1.165, 1.54) is 6.07 Å². The topological polar surface area (TPSA) is 53.6 Å². The molecule has 2 fully saturated rings. The molecular formula is C17H24FN3O2. The molecule has 2 aliphatic rings. The zero-order valence-electron chi connectivity index (χ0n) is 13.3. The first kappa shape index (κ1) is 16.2. The summed E-state index contributed by atoms with van der Waals surface area (Å²) < 4.78 is 18.7. The summed E-state index contributed by atoms with van der Waals surface area (Å²) in [5.41, 5.74) is 0.881. The van der Waals surface area contributed by atoms with E-state index in [0.29, 0.717) is 19.6 Å². The number of anilines is 1. The predicted octanol–water partition coefficient (Wildman–Crippen LogP) is 1.29. The number of hydrogen-bond acceptors (Lipinski definition) is 4. The smallest absolute Gasteiger partial charge is 0.221 e. The zero-order valence-corrected chi connectivity index (χ0v) is 13.3. The van der Waals surface area contributed by atoms with Crippen molar-refractivity contribution >= 4 is 11.6 Å². The molecule has 126 valence electrons. The lowest BCUT2D eigenvalue weighted by Gasteiger charge is -2.35. The van der Waals surface area contributed by atoms with Gasteiger partial charge in [0.2, 0.25) is 5.91 Å². The quantitative estimate of drug-likeness (QED) is 0.877. The Hall–Kier alpha value is -1.66. The molecule has 2 saturated heterocycles. The number of rotatable bonds is 4. The van der Waals surface area contributed by atoms with Crippen molar-refractivity contribution in [3.8, 4) is 0 Å². The van der Waals surface area contributed by atoms with Gasteiger partial charge in [-0.2, -0.15) is 0 Å². The van der Waals surface area contributed by atoms with E-state index in [0.717, 1.165) is 38.2 Å². The first-order valence-electron chi connectivity index (χ1n) is 8.32. The Balaban J connectivity index is 1.51. The highest BCUT2D eigenvalue weighted by Crippen LogP contribution is 2.20. The summed E-state index contributed by atoms with van der Waals surface area (Å²) in [6.45, 7) is 3.73. The average Bonchev–Trinajstić information content (AvgIpc) is 2.56. The summed E-state index contributed by atoms with van der Waals surface area (Å²) in [7, 11) is 0. The summed E-state index contributed by atoms with van der Waals surface area (Å²) in [5.74, 6) is -0.170. The van der Waals surface area contributed by atoms with Crippen molar-refractivity contribution < 1.29 is 13.9 Å². The number of carbonyl (C=O) groups excluding carboxylic acids is 1. The molecule has 5 nitrogen and oxygen atoms in total. The van der Waals surface area contributed by atoms with Gasteiger partial charge in [-0.1, -0.05) is 6.07 Å². The van der Waals surface area contributed by atoms with Crippen LogP contribution in [-0.4, -0.2) is 50.8 Å². The first-order valence-corrected chi connectivity index (χ1v) is 8.32. The van der Waals surface area contributed by atoms with Gasteiger partial charge in [0.25, 0.3) is 0 Å². The molecule has 0 aromatic heterocycles. The van der Waals surface area contributed by atoms with Gasteiger partial charge in [0.1, 0.15) is 5.82 Å². The molecule has 2 heterocycles. The van der Waals surface area contributed by atoms with Crippen LogP contribution in [0.5, 0.6) is 0 Å². The van der Waals surface area contributed by atoms with Crippen LogP contribution in [0.4, 0.5) is 10.1 Å². The van der Waals surface area contributed by atoms with Crippen molar-refractivity contribution in [1.82, 2.24) is 10.6 Å². The molecule has 0 spiro atoms. The number of halogens is 1. The molecule has 0 radical (unpaired) electrons. The zero-order chi connectivity index (χ0) is 16.1. The van der Waals surface area contributed by atoms with Crippen molar-refractivity contribution in [2.24, 2.45) is 0 Å². The predicted molar refractivity (Wildman–Crippen MR) is 87.0 cm³/mol. The van der Waals surface area contributed by atoms with Crippen LogP contribution >= 0.6 is 0 Å². The molecule has 1 aromatic carbocycles. The van der Waals surface area contributed by atoms with Crippen LogP contribution in [-0.2, 0) is 9.53 Å². The van der Waals surface area contributed by atoms with Crippen molar-refractivity contribution in [1.29, 1.82) is 0 Å². The van der Waals surface area contributed by atoms with E-state index in [1.54, 1.807) is 12.1 Å². The number of hydrogen-bond donors (Lipinski definition) is 2. The third-order valence-electron chi connectivity index (χ3n) is 4.39. The molecule has 2 aliphatic heterocycles. The normalized spacial score (nSPS) is 25.2. The van der Waals surface area contributed by atoms with E-state index in [4.69, 9.17) is 4.74 Å². The minimum atomic E-state index is -0.225. The molecule has 2 N–H and O–H groups in total. The molecule has 3 rings (SSSR count). The number of nitrogens with one attached hydrogen (secondary N) is 2. The lowest BCUT2D eigenvalue weighted by molar-refractivity contribution is -0.123. The molecule has 0 saturated carbocycles. The fourth-order valence-electron chi connectivity index (χ4n) is 3.26. The number of piperidine rings is 1. The van der Waals surface area contributed by atoms with Crippen LogP contribution in [0.2, 0.25) is 0 Å². The first-order chi connectivity index (χ1) is 11.2. The van der Waals surface area contributed by atoms with E-state index >= 15 is 0 Å². The Morgan fingerprint density at radius 1 is 1.48 bits per heavy atom. The number of benzene rings is 1. The third-order valence-corrected chi connectivity index (χ3v) is 4.39. The minimum Gasteiger partial charge on any atom is -0.378 e. The largest absolute Gasteiger partial charge is 0.378 e. The van der Waals surface area contributed by atoms with E-state index in [9.17, 15) is 9.18 Å². The highest BCUT2D eigenvalue weighted by atomic mass is 19.1. The summed E-state index contributed by atoms with van der Waals surface area (Å²) in [4.78, 5) is 14.3. The fraction of sp³-hybridized carbons (Fsp3) is 0.588. The maximum absolute atomic E-state index is 13.4. The molecule has 0 aliphatic carbocycles. The number of morpholine rings is 1. The summed E-state index contributed by atoms with van der Waals surface area (Å²) in [5, 5.41) is 6.40. The number of carbonyl (C=O) groups is 1. The van der Waals surface area contributed by atoms with Crippen LogP contribution < -0.4 is 15.5 Å². The number of ether oxygens (including phenoxy) is 1. The monoisotopic (exact) mass is 321 g/mol. The second-order valence-corrected chi connectivity index (χ2v) is 6.26. The van der Waals surface area contributed by atoms with Crippen LogP contribution in [0.25, 0.3) is 0 Å². The Labute approximate surface area is 136 Å². The average molecular weight is 321 g/mol. The summed E-state index contributed by atoms with van der Waals surface area (Å²) in [6, 6.07) is 6.85. The lowest BCUT2D eigenvalue weighted by atomic mass is 10.0. The molecule has 23 heavy (non-hydrogen) atoms. The van der Waals surface area contributed by atoms with Crippen molar-refractivity contribution in [3.05, 3.63) is 30.1 Å². The van der Waals surface area contributed by atoms with Gasteiger partial charge in [-0.05, 0) is 31.0 Å². The Kier molecular flexibility index (Phi) is 5.46. The lowest BCUT2D eigenvalue weighted by Crippen LogP contribution is -2.50. The second kappa shape index (κ2) is 7.75. The van der Waals surface area contributed by atoms with E-state index in [1.807, 2.05) is 6.07 Å². The fourth-order valence-corrected chi connectivity index (χ4v) is 3.26. The van der Waals surface area contributed by atoms with Gasteiger partial charge in [0, 0.05) is 43.8 Å². The van der Waals surface area contributed by atoms with E-state index in [-0.39, 0.29) is 23.8 Å². The number of amides is 1. The highest BCUT2D eigenvalue weighted by molar-refractivity contribution is 5.77. The van der Waals surface area contributed by atoms with Crippen molar-refractivity contribution in [2.45, 2.75) is 31.3 Å². The van der Waals surface area contributed by atoms with Crippen LogP contribution in [0.1, 0.15) is 19.3 Å². The standard InChI is InChI=1S/C17H24FN3O2/c18-13-3-1-5-16(9-13)21-7-2-4-14(11-21)20-17(22)10-15-12-23-8-6-19-15/h1,3,5,9,14-15,19H,2,4,6-8,10-12H2,(H,20,22). The van der Waals surface area contributed by atoms with Gasteiger partial charge in [0.15, 0.2) is 0 Å². The van der Waals surface area contributed by atoms with Crippen LogP contribution in [0.15, 0.2) is 24.3 Å². The minimum absolute atomic E-state index is 0.0547. The Bertz CT molecular complexity index is 534. The SMILES string of the molecule is O=C(CC1COCCN1)NC1CCCN(c2cccc(F)c2)C1. The number of nitrogens with zero attached hydrogens (tertiary/aromatic N) is 1. The van der Waals surface area contributed by atoms with E-state index < -0.39 is 0 Å². The maximum atomic E-state index is 13.4. The molecule has 1 amide bonds. The third kappa shape index (κ3) is 4.65. The second-order valence-electron chi connectivity index (χ2n) is 6.26. The van der Waals surface area contributed by atoms with E-state index in [2.05, 4.69) is 15.5 Å².